The Hall–Kier alpha value is -3.93. The molecule has 0 bridgehead atoms. The molecule has 1 saturated heterocycles. The SMILES string of the molecule is CN(Cc1ccc(C(=O)O)cc1)c1ncc(-c2cccc(Nc3cc(C4(CF)OCCO4)ccn3)n2)s1. The summed E-state index contributed by atoms with van der Waals surface area (Å²) in [6.07, 6.45) is 3.35. The first-order chi connectivity index (χ1) is 18.0. The van der Waals surface area contributed by atoms with Gasteiger partial charge in [0, 0.05) is 31.5 Å². The van der Waals surface area contributed by atoms with Gasteiger partial charge in [0.15, 0.2) is 5.13 Å². The fourth-order valence-corrected chi connectivity index (χ4v) is 4.78. The summed E-state index contributed by atoms with van der Waals surface area (Å²) in [4.78, 5) is 27.5. The van der Waals surface area contributed by atoms with Gasteiger partial charge in [0.2, 0.25) is 5.79 Å². The molecular weight excluding hydrogens is 497 g/mol. The molecule has 4 heterocycles. The Kier molecular flexibility index (Phi) is 7.08. The predicted octanol–water partition coefficient (Wildman–Crippen LogP) is 4.85. The average Bonchev–Trinajstić information content (AvgIpc) is 3.61. The van der Waals surface area contributed by atoms with Crippen LogP contribution in [0.25, 0.3) is 10.6 Å². The smallest absolute Gasteiger partial charge is 0.335 e. The summed E-state index contributed by atoms with van der Waals surface area (Å²) < 4.78 is 24.8. The molecule has 3 aromatic heterocycles. The van der Waals surface area contributed by atoms with Crippen LogP contribution >= 0.6 is 11.3 Å². The Morgan fingerprint density at radius 3 is 2.65 bits per heavy atom. The van der Waals surface area contributed by atoms with Gasteiger partial charge in [-0.15, -0.1) is 0 Å². The number of carboxylic acids is 1. The number of aromatic nitrogens is 3. The van der Waals surface area contributed by atoms with E-state index in [9.17, 15) is 9.18 Å². The monoisotopic (exact) mass is 521 g/mol. The zero-order chi connectivity index (χ0) is 25.8. The van der Waals surface area contributed by atoms with Crippen molar-refractivity contribution in [1.82, 2.24) is 15.0 Å². The Morgan fingerprint density at radius 1 is 1.14 bits per heavy atom. The third-order valence-corrected chi connectivity index (χ3v) is 6.96. The zero-order valence-electron chi connectivity index (χ0n) is 19.9. The number of ether oxygens (including phenoxy) is 2. The van der Waals surface area contributed by atoms with E-state index in [1.165, 1.54) is 11.3 Å². The molecule has 2 N–H and O–H groups in total. The molecule has 11 heteroatoms. The van der Waals surface area contributed by atoms with Crippen LogP contribution in [0, 0.1) is 0 Å². The molecule has 4 aromatic rings. The van der Waals surface area contributed by atoms with E-state index in [2.05, 4.69) is 15.3 Å². The Balaban J connectivity index is 1.29. The molecule has 9 nitrogen and oxygen atoms in total. The van der Waals surface area contributed by atoms with Crippen molar-refractivity contribution < 1.29 is 23.8 Å². The molecule has 1 aromatic carbocycles. The first-order valence-electron chi connectivity index (χ1n) is 11.5. The van der Waals surface area contributed by atoms with Crippen LogP contribution in [-0.2, 0) is 21.8 Å². The Morgan fingerprint density at radius 2 is 1.92 bits per heavy atom. The van der Waals surface area contributed by atoms with E-state index < -0.39 is 18.4 Å². The molecule has 0 aliphatic carbocycles. The Labute approximate surface area is 216 Å². The molecule has 0 saturated carbocycles. The number of thiazole rings is 1. The molecule has 0 radical (unpaired) electrons. The van der Waals surface area contributed by atoms with Crippen LogP contribution < -0.4 is 10.2 Å². The van der Waals surface area contributed by atoms with Crippen molar-refractivity contribution in [2.45, 2.75) is 12.3 Å². The highest BCUT2D eigenvalue weighted by molar-refractivity contribution is 7.18. The molecular formula is C26H24FN5O4S. The molecule has 1 fully saturated rings. The summed E-state index contributed by atoms with van der Waals surface area (Å²) in [7, 11) is 1.93. The van der Waals surface area contributed by atoms with Gasteiger partial charge in [0.05, 0.1) is 29.3 Å². The molecule has 0 spiro atoms. The standard InChI is InChI=1S/C26H24FN5O4S/c1-32(15-17-5-7-18(8-6-17)24(33)34)25-29-14-21(37-25)20-3-2-4-22(30-20)31-23-13-19(9-10-28-23)26(16-27)35-11-12-36-26/h2-10,13-14H,11-12,15-16H2,1H3,(H,33,34)(H,28,30,31). The number of carbonyl (C=O) groups is 1. The van der Waals surface area contributed by atoms with Gasteiger partial charge in [-0.2, -0.15) is 0 Å². The minimum absolute atomic E-state index is 0.256. The largest absolute Gasteiger partial charge is 0.478 e. The van der Waals surface area contributed by atoms with Gasteiger partial charge in [-0.25, -0.2) is 24.1 Å². The second-order valence-corrected chi connectivity index (χ2v) is 9.42. The second-order valence-electron chi connectivity index (χ2n) is 8.41. The lowest BCUT2D eigenvalue weighted by atomic mass is 10.1. The van der Waals surface area contributed by atoms with Crippen molar-refractivity contribution in [2.75, 3.05) is 37.2 Å². The fourth-order valence-electron chi connectivity index (χ4n) is 3.94. The molecule has 37 heavy (non-hydrogen) atoms. The lowest BCUT2D eigenvalue weighted by Gasteiger charge is -2.24. The van der Waals surface area contributed by atoms with Crippen LogP contribution in [0.4, 0.5) is 21.2 Å². The molecule has 1 aliphatic rings. The zero-order valence-corrected chi connectivity index (χ0v) is 20.7. The fraction of sp³-hybridized carbons (Fsp3) is 0.231. The van der Waals surface area contributed by atoms with Gasteiger partial charge < -0.3 is 24.8 Å². The van der Waals surface area contributed by atoms with Crippen molar-refractivity contribution in [3.63, 3.8) is 0 Å². The maximum absolute atomic E-state index is 13.7. The minimum atomic E-state index is -1.39. The number of nitrogens with one attached hydrogen (secondary N) is 1. The number of pyridine rings is 2. The van der Waals surface area contributed by atoms with E-state index >= 15 is 0 Å². The van der Waals surface area contributed by atoms with Crippen molar-refractivity contribution in [3.05, 3.63) is 83.7 Å². The molecule has 190 valence electrons. The van der Waals surface area contributed by atoms with Crippen LogP contribution in [0.2, 0.25) is 0 Å². The topological polar surface area (TPSA) is 110 Å². The van der Waals surface area contributed by atoms with E-state index in [1.54, 1.807) is 48.8 Å². The van der Waals surface area contributed by atoms with Gasteiger partial charge >= 0.3 is 5.97 Å². The number of aromatic carboxylic acids is 1. The van der Waals surface area contributed by atoms with Gasteiger partial charge in [-0.05, 0) is 42.0 Å². The number of halogens is 1. The predicted molar refractivity (Wildman–Crippen MR) is 138 cm³/mol. The van der Waals surface area contributed by atoms with Crippen molar-refractivity contribution in [3.8, 4) is 10.6 Å². The molecule has 5 rings (SSSR count). The van der Waals surface area contributed by atoms with Crippen LogP contribution in [0.5, 0.6) is 0 Å². The molecule has 1 aliphatic heterocycles. The number of anilines is 3. The van der Waals surface area contributed by atoms with E-state index in [0.29, 0.717) is 37.0 Å². The first-order valence-corrected chi connectivity index (χ1v) is 12.3. The number of rotatable bonds is 9. The third-order valence-electron chi connectivity index (χ3n) is 5.83. The summed E-state index contributed by atoms with van der Waals surface area (Å²) in [5.74, 6) is -1.27. The van der Waals surface area contributed by atoms with Crippen LogP contribution in [0.3, 0.4) is 0 Å². The highest BCUT2D eigenvalue weighted by atomic mass is 32.1. The summed E-state index contributed by atoms with van der Waals surface area (Å²) >= 11 is 1.50. The summed E-state index contributed by atoms with van der Waals surface area (Å²) in [5, 5.41) is 13.0. The maximum Gasteiger partial charge on any atom is 0.335 e. The average molecular weight is 522 g/mol. The quantitative estimate of drug-likeness (QED) is 0.319. The van der Waals surface area contributed by atoms with Gasteiger partial charge in [0.25, 0.3) is 0 Å². The summed E-state index contributed by atoms with van der Waals surface area (Å²) in [6, 6.07) is 15.8. The normalized spacial score (nSPS) is 14.4. The van der Waals surface area contributed by atoms with Crippen LogP contribution in [0.15, 0.2) is 67.0 Å². The molecule has 0 unspecified atom stereocenters. The second kappa shape index (κ2) is 10.6. The Bertz CT molecular complexity index is 1390. The lowest BCUT2D eigenvalue weighted by Crippen LogP contribution is -2.29. The summed E-state index contributed by atoms with van der Waals surface area (Å²) in [6.45, 7) is 0.459. The number of nitrogens with zero attached hydrogens (tertiary/aromatic N) is 4. The maximum atomic E-state index is 13.7. The van der Waals surface area contributed by atoms with Gasteiger partial charge in [-0.3, -0.25) is 0 Å². The highest BCUT2D eigenvalue weighted by Gasteiger charge is 2.39. The number of carboxylic acid groups (broad SMARTS) is 1. The molecule has 0 amide bonds. The van der Waals surface area contributed by atoms with Crippen molar-refractivity contribution in [1.29, 1.82) is 0 Å². The number of alkyl halides is 1. The molecule has 0 atom stereocenters. The van der Waals surface area contributed by atoms with E-state index in [4.69, 9.17) is 19.6 Å². The van der Waals surface area contributed by atoms with Crippen LogP contribution in [-0.4, -0.2) is 53.0 Å². The first kappa shape index (κ1) is 24.8. The van der Waals surface area contributed by atoms with Gasteiger partial charge in [-0.1, -0.05) is 29.5 Å². The third kappa shape index (κ3) is 5.43. The van der Waals surface area contributed by atoms with E-state index in [-0.39, 0.29) is 5.56 Å². The number of hydrogen-bond donors (Lipinski definition) is 2. The van der Waals surface area contributed by atoms with Gasteiger partial charge in [0.1, 0.15) is 18.3 Å². The highest BCUT2D eigenvalue weighted by Crippen LogP contribution is 2.34. The van der Waals surface area contributed by atoms with Crippen LogP contribution in [0.1, 0.15) is 21.5 Å². The number of benzene rings is 1. The van der Waals surface area contributed by atoms with Crippen molar-refractivity contribution in [2.24, 2.45) is 0 Å². The number of hydrogen-bond acceptors (Lipinski definition) is 9. The van der Waals surface area contributed by atoms with Crippen molar-refractivity contribution >= 4 is 34.1 Å². The lowest BCUT2D eigenvalue weighted by molar-refractivity contribution is -0.176. The van der Waals surface area contributed by atoms with E-state index in [1.807, 2.05) is 30.1 Å². The van der Waals surface area contributed by atoms with E-state index in [0.717, 1.165) is 21.3 Å². The summed E-state index contributed by atoms with van der Waals surface area (Å²) in [5.41, 5.74) is 2.53. The minimum Gasteiger partial charge on any atom is -0.478 e.